The lowest BCUT2D eigenvalue weighted by Gasteiger charge is -2.24. The second-order valence-corrected chi connectivity index (χ2v) is 5.85. The maximum absolute atomic E-state index is 13.1. The topological polar surface area (TPSA) is 32.3 Å². The molecule has 0 aromatic heterocycles. The van der Waals surface area contributed by atoms with Crippen LogP contribution in [0, 0.1) is 11.7 Å². The summed E-state index contributed by atoms with van der Waals surface area (Å²) in [6, 6.07) is 6.34. The van der Waals surface area contributed by atoms with E-state index < -0.39 is 0 Å². The number of carbonyl (C=O) groups is 1. The zero-order valence-electron chi connectivity index (χ0n) is 11.8. The second-order valence-electron chi connectivity index (χ2n) is 5.85. The van der Waals surface area contributed by atoms with Gasteiger partial charge in [0.15, 0.2) is 0 Å². The molecule has 1 N–H and O–H groups in total. The summed E-state index contributed by atoms with van der Waals surface area (Å²) >= 11 is 0. The van der Waals surface area contributed by atoms with E-state index >= 15 is 0 Å². The van der Waals surface area contributed by atoms with E-state index in [1.165, 1.54) is 25.0 Å². The third-order valence-electron chi connectivity index (χ3n) is 4.32. The molecule has 1 aromatic rings. The molecular weight excluding hydrogens is 255 g/mol. The molecule has 20 heavy (non-hydrogen) atoms. The largest absolute Gasteiger partial charge is 0.322 e. The third kappa shape index (κ3) is 2.70. The lowest BCUT2D eigenvalue weighted by molar-refractivity contribution is -0.130. The van der Waals surface area contributed by atoms with E-state index in [9.17, 15) is 9.18 Å². The first-order valence-corrected chi connectivity index (χ1v) is 7.51. The molecule has 2 atom stereocenters. The van der Waals surface area contributed by atoms with Crippen molar-refractivity contribution in [2.75, 3.05) is 6.54 Å². The van der Waals surface area contributed by atoms with Crippen molar-refractivity contribution in [3.05, 3.63) is 35.6 Å². The zero-order chi connectivity index (χ0) is 14.1. The minimum absolute atomic E-state index is 0.105. The smallest absolute Gasteiger partial charge is 0.241 e. The van der Waals surface area contributed by atoms with Crippen molar-refractivity contribution in [2.45, 2.75) is 44.8 Å². The van der Waals surface area contributed by atoms with Crippen LogP contribution >= 0.6 is 0 Å². The normalized spacial score (nSPS) is 26.3. The predicted molar refractivity (Wildman–Crippen MR) is 75.4 cm³/mol. The Balaban J connectivity index is 1.77. The van der Waals surface area contributed by atoms with Gasteiger partial charge in [-0.1, -0.05) is 31.9 Å². The summed E-state index contributed by atoms with van der Waals surface area (Å²) in [6.07, 6.45) is 4.37. The average molecular weight is 276 g/mol. The molecule has 1 amide bonds. The Labute approximate surface area is 119 Å². The van der Waals surface area contributed by atoms with E-state index in [1.807, 2.05) is 11.8 Å². The molecule has 1 aliphatic heterocycles. The van der Waals surface area contributed by atoms with E-state index in [4.69, 9.17) is 0 Å². The molecule has 1 saturated heterocycles. The average Bonchev–Trinajstić information content (AvgIpc) is 3.22. The predicted octanol–water partition coefficient (Wildman–Crippen LogP) is 2.83. The standard InChI is InChI=1S/C16H21FN2O/c1-2-14-16(20)19(10-9-11-3-4-11)15(18-14)12-5-7-13(17)8-6-12/h5-8,11,14-15,18H,2-4,9-10H2,1H3. The lowest BCUT2D eigenvalue weighted by atomic mass is 10.1. The number of hydrogen-bond acceptors (Lipinski definition) is 2. The summed E-state index contributed by atoms with van der Waals surface area (Å²) < 4.78 is 13.1. The number of halogens is 1. The Morgan fingerprint density at radius 3 is 2.60 bits per heavy atom. The quantitative estimate of drug-likeness (QED) is 0.897. The molecular formula is C16H21FN2O. The van der Waals surface area contributed by atoms with Gasteiger partial charge in [-0.15, -0.1) is 0 Å². The van der Waals surface area contributed by atoms with Gasteiger partial charge in [-0.05, 0) is 36.5 Å². The van der Waals surface area contributed by atoms with Crippen LogP contribution in [0.25, 0.3) is 0 Å². The van der Waals surface area contributed by atoms with Gasteiger partial charge in [0, 0.05) is 6.54 Å². The Morgan fingerprint density at radius 1 is 1.30 bits per heavy atom. The van der Waals surface area contributed by atoms with Crippen molar-refractivity contribution in [1.82, 2.24) is 10.2 Å². The summed E-state index contributed by atoms with van der Waals surface area (Å²) in [5, 5.41) is 3.37. The molecule has 2 unspecified atom stereocenters. The Bertz CT molecular complexity index is 484. The number of nitrogens with zero attached hydrogens (tertiary/aromatic N) is 1. The van der Waals surface area contributed by atoms with Gasteiger partial charge in [0.25, 0.3) is 0 Å². The summed E-state index contributed by atoms with van der Waals surface area (Å²) in [6.45, 7) is 2.82. The molecule has 3 nitrogen and oxygen atoms in total. The highest BCUT2D eigenvalue weighted by Crippen LogP contribution is 2.34. The van der Waals surface area contributed by atoms with Crippen LogP contribution in [0.2, 0.25) is 0 Å². The first-order chi connectivity index (χ1) is 9.69. The van der Waals surface area contributed by atoms with Crippen LogP contribution in [-0.2, 0) is 4.79 Å². The van der Waals surface area contributed by atoms with Crippen molar-refractivity contribution in [1.29, 1.82) is 0 Å². The molecule has 3 rings (SSSR count). The minimum atomic E-state index is -0.241. The van der Waals surface area contributed by atoms with Gasteiger partial charge in [-0.25, -0.2) is 4.39 Å². The van der Waals surface area contributed by atoms with Gasteiger partial charge in [-0.2, -0.15) is 0 Å². The van der Waals surface area contributed by atoms with Gasteiger partial charge in [0.1, 0.15) is 12.0 Å². The first kappa shape index (κ1) is 13.6. The summed E-state index contributed by atoms with van der Waals surface area (Å²) in [5.74, 6) is 0.745. The molecule has 0 bridgehead atoms. The van der Waals surface area contributed by atoms with Crippen molar-refractivity contribution in [2.24, 2.45) is 5.92 Å². The van der Waals surface area contributed by atoms with Gasteiger partial charge < -0.3 is 4.90 Å². The first-order valence-electron chi connectivity index (χ1n) is 7.51. The van der Waals surface area contributed by atoms with Crippen LogP contribution < -0.4 is 5.32 Å². The molecule has 4 heteroatoms. The van der Waals surface area contributed by atoms with Crippen LogP contribution in [0.3, 0.4) is 0 Å². The van der Waals surface area contributed by atoms with Gasteiger partial charge in [0.05, 0.1) is 6.04 Å². The number of carbonyl (C=O) groups excluding carboxylic acids is 1. The van der Waals surface area contributed by atoms with E-state index in [-0.39, 0.29) is 23.9 Å². The molecule has 0 radical (unpaired) electrons. The van der Waals surface area contributed by atoms with E-state index in [2.05, 4.69) is 5.32 Å². The lowest BCUT2D eigenvalue weighted by Crippen LogP contribution is -2.32. The van der Waals surface area contributed by atoms with Crippen LogP contribution in [0.15, 0.2) is 24.3 Å². The highest BCUT2D eigenvalue weighted by atomic mass is 19.1. The number of benzene rings is 1. The fourth-order valence-corrected chi connectivity index (χ4v) is 2.86. The van der Waals surface area contributed by atoms with Crippen molar-refractivity contribution >= 4 is 5.91 Å². The van der Waals surface area contributed by atoms with E-state index in [1.54, 1.807) is 12.1 Å². The third-order valence-corrected chi connectivity index (χ3v) is 4.32. The van der Waals surface area contributed by atoms with E-state index in [0.717, 1.165) is 30.9 Å². The maximum Gasteiger partial charge on any atom is 0.241 e. The molecule has 0 spiro atoms. The van der Waals surface area contributed by atoms with Crippen LogP contribution in [0.1, 0.15) is 44.3 Å². The highest BCUT2D eigenvalue weighted by Gasteiger charge is 2.39. The fraction of sp³-hybridized carbons (Fsp3) is 0.562. The Morgan fingerprint density at radius 2 is 2.00 bits per heavy atom. The van der Waals surface area contributed by atoms with E-state index in [0.29, 0.717) is 0 Å². The van der Waals surface area contributed by atoms with Crippen LogP contribution in [-0.4, -0.2) is 23.4 Å². The maximum atomic E-state index is 13.1. The molecule has 1 saturated carbocycles. The minimum Gasteiger partial charge on any atom is -0.322 e. The van der Waals surface area contributed by atoms with Crippen molar-refractivity contribution in [3.63, 3.8) is 0 Å². The number of rotatable bonds is 5. The summed E-state index contributed by atoms with van der Waals surface area (Å²) in [7, 11) is 0. The molecule has 2 fully saturated rings. The monoisotopic (exact) mass is 276 g/mol. The van der Waals surface area contributed by atoms with Crippen LogP contribution in [0.4, 0.5) is 4.39 Å². The highest BCUT2D eigenvalue weighted by molar-refractivity contribution is 5.84. The van der Waals surface area contributed by atoms with Gasteiger partial charge in [-0.3, -0.25) is 10.1 Å². The molecule has 108 valence electrons. The molecule has 1 heterocycles. The van der Waals surface area contributed by atoms with Crippen molar-refractivity contribution < 1.29 is 9.18 Å². The number of amides is 1. The van der Waals surface area contributed by atoms with Gasteiger partial charge >= 0.3 is 0 Å². The summed E-state index contributed by atoms with van der Waals surface area (Å²) in [5.41, 5.74) is 0.964. The van der Waals surface area contributed by atoms with Gasteiger partial charge in [0.2, 0.25) is 5.91 Å². The molecule has 2 aliphatic rings. The Hall–Kier alpha value is -1.42. The summed E-state index contributed by atoms with van der Waals surface area (Å²) in [4.78, 5) is 14.3. The Kier molecular flexibility index (Phi) is 3.74. The number of hydrogen-bond donors (Lipinski definition) is 1. The second kappa shape index (κ2) is 5.52. The molecule has 1 aliphatic carbocycles. The van der Waals surface area contributed by atoms with Crippen molar-refractivity contribution in [3.8, 4) is 0 Å². The molecule has 1 aromatic carbocycles. The fourth-order valence-electron chi connectivity index (χ4n) is 2.86. The SMILES string of the molecule is CCC1NC(c2ccc(F)cc2)N(CCC2CC2)C1=O. The van der Waals surface area contributed by atoms with Crippen LogP contribution in [0.5, 0.6) is 0 Å². The number of nitrogens with one attached hydrogen (secondary N) is 1. The zero-order valence-corrected chi connectivity index (χ0v) is 11.8.